The fourth-order valence-electron chi connectivity index (χ4n) is 4.20. The summed E-state index contributed by atoms with van der Waals surface area (Å²) >= 11 is 0. The number of azide groups is 1. The van der Waals surface area contributed by atoms with Gasteiger partial charge < -0.3 is 29.6 Å². The number of carbonyl (C=O) groups excluding carboxylic acids is 1. The van der Waals surface area contributed by atoms with Crippen molar-refractivity contribution in [1.82, 2.24) is 24.6 Å². The van der Waals surface area contributed by atoms with E-state index in [4.69, 9.17) is 29.0 Å². The Labute approximate surface area is 240 Å². The molecule has 0 saturated carbocycles. The Bertz CT molecular complexity index is 1480. The van der Waals surface area contributed by atoms with Gasteiger partial charge in [-0.05, 0) is 38.4 Å². The van der Waals surface area contributed by atoms with Crippen LogP contribution in [0.25, 0.3) is 21.6 Å². The van der Waals surface area contributed by atoms with Gasteiger partial charge in [0.1, 0.15) is 35.7 Å². The van der Waals surface area contributed by atoms with Gasteiger partial charge in [-0.25, -0.2) is 14.5 Å². The second-order valence-corrected chi connectivity index (χ2v) is 11.3. The highest BCUT2D eigenvalue weighted by Gasteiger charge is 2.46. The van der Waals surface area contributed by atoms with Crippen LogP contribution in [0.2, 0.25) is 0 Å². The van der Waals surface area contributed by atoms with Gasteiger partial charge in [0.15, 0.2) is 5.65 Å². The number of ether oxygens (including phenoxy) is 3. The van der Waals surface area contributed by atoms with E-state index < -0.39 is 56.9 Å². The second-order valence-electron chi connectivity index (χ2n) is 9.57. The molecule has 1 aliphatic rings. The fourth-order valence-corrected chi connectivity index (χ4v) is 5.71. The highest BCUT2D eigenvalue weighted by molar-refractivity contribution is 7.52. The van der Waals surface area contributed by atoms with Gasteiger partial charge in [-0.15, -0.1) is 0 Å². The topological polar surface area (TPSA) is 231 Å². The van der Waals surface area contributed by atoms with Crippen molar-refractivity contribution in [3.05, 3.63) is 52.8 Å². The highest BCUT2D eigenvalue weighted by Crippen LogP contribution is 2.46. The third-order valence-corrected chi connectivity index (χ3v) is 7.67. The average molecular weight is 606 g/mol. The van der Waals surface area contributed by atoms with E-state index in [0.717, 1.165) is 0 Å². The summed E-state index contributed by atoms with van der Waals surface area (Å²) in [5.41, 5.74) is 16.1. The number of aliphatic hydroxyl groups is 1. The number of methoxy groups -OCH3 is 1. The lowest BCUT2D eigenvalue weighted by atomic mass is 10.1. The largest absolute Gasteiger partial charge is 0.462 e. The molecule has 1 aromatic carbocycles. The van der Waals surface area contributed by atoms with Gasteiger partial charge in [-0.2, -0.15) is 10.1 Å². The molecule has 0 bridgehead atoms. The third kappa shape index (κ3) is 7.14. The summed E-state index contributed by atoms with van der Waals surface area (Å²) in [6, 6.07) is 5.94. The molecule has 18 heteroatoms. The first-order valence-corrected chi connectivity index (χ1v) is 14.4. The van der Waals surface area contributed by atoms with Gasteiger partial charge in [0, 0.05) is 12.0 Å². The number of carbonyl (C=O) groups is 1. The number of anilines is 1. The van der Waals surface area contributed by atoms with Crippen LogP contribution >= 0.6 is 7.75 Å². The number of esters is 1. The lowest BCUT2D eigenvalue weighted by Crippen LogP contribution is -2.37. The quantitative estimate of drug-likeness (QED) is 0.0837. The van der Waals surface area contributed by atoms with E-state index in [1.807, 2.05) is 0 Å². The minimum Gasteiger partial charge on any atom is -0.462 e. The Kier molecular flexibility index (Phi) is 9.96. The Hall–Kier alpha value is -3.82. The van der Waals surface area contributed by atoms with Crippen LogP contribution in [0, 0.1) is 0 Å². The molecule has 42 heavy (non-hydrogen) atoms. The first-order chi connectivity index (χ1) is 20.0. The number of hydrogen-bond donors (Lipinski definition) is 3. The number of fused-ring (bicyclic) bond motifs is 1. The van der Waals surface area contributed by atoms with Gasteiger partial charge >= 0.3 is 13.7 Å². The third-order valence-electron chi connectivity index (χ3n) is 6.02. The van der Waals surface area contributed by atoms with E-state index in [2.05, 4.69) is 30.1 Å². The minimum absolute atomic E-state index is 0.0507. The van der Waals surface area contributed by atoms with Crippen molar-refractivity contribution in [3.63, 3.8) is 0 Å². The summed E-state index contributed by atoms with van der Waals surface area (Å²) in [6.07, 6.45) is -2.69. The molecule has 2 aromatic heterocycles. The summed E-state index contributed by atoms with van der Waals surface area (Å²) < 4.78 is 43.0. The van der Waals surface area contributed by atoms with E-state index in [1.165, 1.54) is 24.9 Å². The van der Waals surface area contributed by atoms with Crippen molar-refractivity contribution in [2.45, 2.75) is 64.0 Å². The predicted molar refractivity (Wildman–Crippen MR) is 148 cm³/mol. The molecule has 3 aromatic rings. The van der Waals surface area contributed by atoms with E-state index >= 15 is 0 Å². The second kappa shape index (κ2) is 13.4. The zero-order valence-electron chi connectivity index (χ0n) is 23.3. The fraction of sp³-hybridized carbons (Fsp3) is 0.500. The van der Waals surface area contributed by atoms with Crippen molar-refractivity contribution in [1.29, 1.82) is 0 Å². The maximum atomic E-state index is 13.8. The summed E-state index contributed by atoms with van der Waals surface area (Å²) in [4.78, 5) is 28.0. The number of aliphatic hydroxyl groups excluding tert-OH is 1. The highest BCUT2D eigenvalue weighted by atomic mass is 31.2. The normalized spacial score (nSPS) is 22.4. The van der Waals surface area contributed by atoms with Crippen molar-refractivity contribution < 1.29 is 37.7 Å². The molecule has 0 radical (unpaired) electrons. The van der Waals surface area contributed by atoms with E-state index in [1.54, 1.807) is 44.2 Å². The molecule has 17 nitrogen and oxygen atoms in total. The number of nitrogens with zero attached hydrogens (tertiary/aromatic N) is 7. The Morgan fingerprint density at radius 3 is 2.71 bits per heavy atom. The molecule has 1 fully saturated rings. The summed E-state index contributed by atoms with van der Waals surface area (Å²) in [5, 5.41) is 17.3. The van der Waals surface area contributed by atoms with Crippen molar-refractivity contribution in [2.24, 2.45) is 5.11 Å². The Balaban J connectivity index is 1.58. The van der Waals surface area contributed by atoms with Crippen molar-refractivity contribution >= 4 is 30.8 Å². The number of benzene rings is 1. The number of para-hydroxylation sites is 1. The number of imidazole rings is 1. The molecule has 4 rings (SSSR count). The van der Waals surface area contributed by atoms with E-state index in [-0.39, 0.29) is 24.0 Å². The molecule has 3 heterocycles. The first kappa shape index (κ1) is 31.1. The maximum Gasteiger partial charge on any atom is 0.459 e. The number of rotatable bonds is 13. The number of nitrogen functional groups attached to an aromatic ring is 1. The molecule has 1 unspecified atom stereocenters. The van der Waals surface area contributed by atoms with Crippen LogP contribution in [0.15, 0.2) is 41.8 Å². The summed E-state index contributed by atoms with van der Waals surface area (Å²) in [6.45, 7) is 4.42. The van der Waals surface area contributed by atoms with Crippen molar-refractivity contribution in [2.75, 3.05) is 19.5 Å². The van der Waals surface area contributed by atoms with Gasteiger partial charge in [0.05, 0.1) is 37.4 Å². The van der Waals surface area contributed by atoms with Crippen LogP contribution in [0.5, 0.6) is 5.75 Å². The molecule has 0 aliphatic carbocycles. The van der Waals surface area contributed by atoms with Crippen LogP contribution in [0.3, 0.4) is 0 Å². The van der Waals surface area contributed by atoms with Crippen LogP contribution in [0.4, 0.5) is 5.95 Å². The molecular formula is C24H32N9O8P. The number of hydrogen-bond acceptors (Lipinski definition) is 13. The molecule has 226 valence electrons. The number of aromatic nitrogens is 4. The SMILES string of the molecule is COCc1nc(N)nc2c1ncn2[C@@H]1O[C@H](COP(=O)(N[C@@H](C)C(=O)OC(C)C)Oc2ccccc2)[C@@H](O)[C@H]1N=[N+]=[N-]. The molecule has 0 amide bonds. The summed E-state index contributed by atoms with van der Waals surface area (Å²) in [5.74, 6) is -0.526. The lowest BCUT2D eigenvalue weighted by molar-refractivity contribution is -0.149. The van der Waals surface area contributed by atoms with Gasteiger partial charge in [0.2, 0.25) is 5.95 Å². The van der Waals surface area contributed by atoms with Crippen LogP contribution in [-0.4, -0.2) is 74.7 Å². The molecule has 4 N–H and O–H groups in total. The number of nitrogens with one attached hydrogen (secondary N) is 1. The average Bonchev–Trinajstić information content (AvgIpc) is 3.48. The van der Waals surface area contributed by atoms with Crippen LogP contribution in [0.1, 0.15) is 32.7 Å². The van der Waals surface area contributed by atoms with Gasteiger partial charge in [0.25, 0.3) is 0 Å². The Morgan fingerprint density at radius 2 is 2.05 bits per heavy atom. The van der Waals surface area contributed by atoms with E-state index in [0.29, 0.717) is 11.2 Å². The zero-order valence-corrected chi connectivity index (χ0v) is 24.2. The Morgan fingerprint density at radius 1 is 1.31 bits per heavy atom. The standard InChI is InChI=1S/C24H32N9O8P/c1-13(2)39-23(35)14(3)31-42(36,41-15-8-6-5-7-9-15)38-11-17-20(34)19(30-32-26)22(40-17)33-12-27-18-16(10-37-4)28-24(25)29-21(18)33/h5-9,12-14,17,19-20,22,34H,10-11H2,1-4H3,(H,31,36)(H2,25,28,29)/t14-,17+,19+,20+,22+,42?/m0/s1. The van der Waals surface area contributed by atoms with Crippen molar-refractivity contribution in [3.8, 4) is 5.75 Å². The van der Waals surface area contributed by atoms with E-state index in [9.17, 15) is 20.0 Å². The molecule has 1 aliphatic heterocycles. The zero-order chi connectivity index (χ0) is 30.4. The minimum atomic E-state index is -4.26. The predicted octanol–water partition coefficient (Wildman–Crippen LogP) is 2.63. The van der Waals surface area contributed by atoms with Gasteiger partial charge in [-0.1, -0.05) is 23.3 Å². The maximum absolute atomic E-state index is 13.8. The lowest BCUT2D eigenvalue weighted by Gasteiger charge is -2.25. The van der Waals surface area contributed by atoms with Crippen LogP contribution in [-0.2, 0) is 34.7 Å². The molecule has 0 spiro atoms. The molecular weight excluding hydrogens is 573 g/mol. The monoisotopic (exact) mass is 605 g/mol. The van der Waals surface area contributed by atoms with Gasteiger partial charge in [-0.3, -0.25) is 13.9 Å². The molecule has 1 saturated heterocycles. The van der Waals surface area contributed by atoms with Crippen LogP contribution < -0.4 is 15.3 Å². The molecule has 6 atom stereocenters. The number of nitrogens with two attached hydrogens (primary N) is 1. The first-order valence-electron chi connectivity index (χ1n) is 12.9. The summed E-state index contributed by atoms with van der Waals surface area (Å²) in [7, 11) is -2.78. The smallest absolute Gasteiger partial charge is 0.459 e.